The van der Waals surface area contributed by atoms with Gasteiger partial charge in [-0.2, -0.15) is 0 Å². The van der Waals surface area contributed by atoms with Gasteiger partial charge in [0, 0.05) is 6.21 Å². The fourth-order valence-electron chi connectivity index (χ4n) is 0.821. The minimum absolute atomic E-state index is 0.569. The number of rotatable bonds is 3. The van der Waals surface area contributed by atoms with Crippen LogP contribution in [0.5, 0.6) is 0 Å². The van der Waals surface area contributed by atoms with E-state index in [1.54, 1.807) is 13.1 Å². The Balaban J connectivity index is 2.59. The van der Waals surface area contributed by atoms with Crippen LogP contribution in [0.2, 0.25) is 0 Å². The molecule has 2 atom stereocenters. The van der Waals surface area contributed by atoms with E-state index in [4.69, 9.17) is 16.7 Å². The van der Waals surface area contributed by atoms with Gasteiger partial charge in [0.15, 0.2) is 0 Å². The van der Waals surface area contributed by atoms with E-state index in [1.165, 1.54) is 0 Å². The van der Waals surface area contributed by atoms with Gasteiger partial charge < -0.3 is 5.11 Å². The first kappa shape index (κ1) is 10.2. The summed E-state index contributed by atoms with van der Waals surface area (Å²) in [4.78, 5) is 3.98. The van der Waals surface area contributed by atoms with Crippen molar-refractivity contribution in [3.63, 3.8) is 0 Å². The summed E-state index contributed by atoms with van der Waals surface area (Å²) in [5.74, 6) is 0. The zero-order chi connectivity index (χ0) is 9.68. The van der Waals surface area contributed by atoms with E-state index in [-0.39, 0.29) is 0 Å². The molecule has 0 aliphatic rings. The number of hydrogen-bond donors (Lipinski definition) is 1. The molecule has 0 fully saturated rings. The number of nitrogens with zero attached hydrogens (tertiary/aromatic N) is 1. The molecule has 70 valence electrons. The van der Waals surface area contributed by atoms with E-state index in [0.29, 0.717) is 0 Å². The van der Waals surface area contributed by atoms with Gasteiger partial charge in [-0.1, -0.05) is 41.9 Å². The average molecular weight is 198 g/mol. The summed E-state index contributed by atoms with van der Waals surface area (Å²) in [6.45, 7) is 1.61. The predicted molar refractivity (Wildman–Crippen MR) is 55.4 cm³/mol. The Hall–Kier alpha value is -0.860. The second kappa shape index (κ2) is 5.00. The third-order valence-electron chi connectivity index (χ3n) is 1.56. The number of aliphatic hydroxyl groups is 1. The molecule has 0 bridgehead atoms. The van der Waals surface area contributed by atoms with Crippen LogP contribution >= 0.6 is 11.6 Å². The van der Waals surface area contributed by atoms with E-state index < -0.39 is 11.6 Å². The third kappa shape index (κ3) is 3.57. The largest absolute Gasteiger partial charge is 0.390 e. The molecule has 0 saturated carbocycles. The maximum absolute atomic E-state index is 9.05. The lowest BCUT2D eigenvalue weighted by atomic mass is 10.2. The van der Waals surface area contributed by atoms with Crippen molar-refractivity contribution in [2.45, 2.75) is 18.5 Å². The minimum atomic E-state index is -0.623. The normalized spacial score (nSPS) is 15.9. The highest BCUT2D eigenvalue weighted by atomic mass is 35.5. The van der Waals surface area contributed by atoms with Gasteiger partial charge in [0.1, 0.15) is 5.50 Å². The van der Waals surface area contributed by atoms with E-state index >= 15 is 0 Å². The second-order valence-corrected chi connectivity index (χ2v) is 3.25. The Bertz CT molecular complexity index is 272. The van der Waals surface area contributed by atoms with Gasteiger partial charge in [-0.05, 0) is 12.5 Å². The maximum Gasteiger partial charge on any atom is 0.149 e. The first-order valence-electron chi connectivity index (χ1n) is 4.10. The van der Waals surface area contributed by atoms with Crippen molar-refractivity contribution >= 4 is 17.8 Å². The van der Waals surface area contributed by atoms with Crippen LogP contribution in [-0.2, 0) is 0 Å². The summed E-state index contributed by atoms with van der Waals surface area (Å²) in [5, 5.41) is 9.05. The zero-order valence-electron chi connectivity index (χ0n) is 7.39. The molecule has 1 aromatic carbocycles. The van der Waals surface area contributed by atoms with Gasteiger partial charge in [0.05, 0.1) is 6.10 Å². The lowest BCUT2D eigenvalue weighted by Gasteiger charge is -2.05. The summed E-state index contributed by atoms with van der Waals surface area (Å²) in [7, 11) is 0. The molecule has 0 spiro atoms. The van der Waals surface area contributed by atoms with E-state index in [1.807, 2.05) is 30.3 Å². The van der Waals surface area contributed by atoms with Gasteiger partial charge in [0.2, 0.25) is 0 Å². The molecule has 0 heterocycles. The van der Waals surface area contributed by atoms with Crippen LogP contribution in [0, 0.1) is 0 Å². The van der Waals surface area contributed by atoms with Gasteiger partial charge in [-0.3, -0.25) is 4.99 Å². The van der Waals surface area contributed by atoms with Crippen molar-refractivity contribution in [1.29, 1.82) is 0 Å². The molecule has 1 aromatic rings. The number of aliphatic imine (C=N–C) groups is 1. The Morgan fingerprint density at radius 1 is 1.38 bits per heavy atom. The molecule has 2 unspecified atom stereocenters. The maximum atomic E-state index is 9.05. The van der Waals surface area contributed by atoms with Crippen LogP contribution in [0.25, 0.3) is 0 Å². The van der Waals surface area contributed by atoms with Crippen LogP contribution < -0.4 is 0 Å². The van der Waals surface area contributed by atoms with E-state index in [0.717, 1.165) is 5.56 Å². The van der Waals surface area contributed by atoms with Gasteiger partial charge in [-0.15, -0.1) is 0 Å². The molecule has 0 aliphatic carbocycles. The topological polar surface area (TPSA) is 32.6 Å². The summed E-state index contributed by atoms with van der Waals surface area (Å²) in [5.41, 5.74) is 0.411. The molecule has 0 saturated heterocycles. The molecule has 13 heavy (non-hydrogen) atoms. The molecular weight excluding hydrogens is 186 g/mol. The number of hydrogen-bond acceptors (Lipinski definition) is 2. The Kier molecular flexibility index (Phi) is 3.93. The standard InChI is InChI=1S/C10H12ClNO/c1-8(13)10(11)12-7-9-5-3-2-4-6-9/h2-8,10,13H,1H3/b12-7-. The fourth-order valence-corrected chi connectivity index (χ4v) is 0.877. The molecule has 0 aliphatic heterocycles. The Morgan fingerprint density at radius 3 is 2.54 bits per heavy atom. The van der Waals surface area contributed by atoms with Crippen LogP contribution in [0.3, 0.4) is 0 Å². The Labute approximate surface area is 82.9 Å². The zero-order valence-corrected chi connectivity index (χ0v) is 8.15. The van der Waals surface area contributed by atoms with Crippen molar-refractivity contribution in [3.8, 4) is 0 Å². The van der Waals surface area contributed by atoms with Crippen LogP contribution in [0.4, 0.5) is 0 Å². The summed E-state index contributed by atoms with van der Waals surface area (Å²) in [6, 6.07) is 9.63. The summed E-state index contributed by atoms with van der Waals surface area (Å²) in [6.07, 6.45) is 1.03. The van der Waals surface area contributed by atoms with Gasteiger partial charge in [0.25, 0.3) is 0 Å². The molecule has 0 radical (unpaired) electrons. The van der Waals surface area contributed by atoms with Crippen molar-refractivity contribution in [2.75, 3.05) is 0 Å². The molecule has 2 nitrogen and oxygen atoms in total. The quantitative estimate of drug-likeness (QED) is 0.449. The second-order valence-electron chi connectivity index (χ2n) is 2.80. The van der Waals surface area contributed by atoms with Crippen molar-refractivity contribution < 1.29 is 5.11 Å². The van der Waals surface area contributed by atoms with E-state index in [9.17, 15) is 0 Å². The average Bonchev–Trinajstić information content (AvgIpc) is 2.15. The third-order valence-corrected chi connectivity index (χ3v) is 2.04. The number of aliphatic hydroxyl groups excluding tert-OH is 1. The van der Waals surface area contributed by atoms with Crippen LogP contribution in [0.15, 0.2) is 35.3 Å². The highest BCUT2D eigenvalue weighted by molar-refractivity contribution is 6.21. The van der Waals surface area contributed by atoms with Gasteiger partial charge >= 0.3 is 0 Å². The fraction of sp³-hybridized carbons (Fsp3) is 0.300. The highest BCUT2D eigenvalue weighted by Gasteiger charge is 2.06. The lowest BCUT2D eigenvalue weighted by molar-refractivity contribution is 0.191. The van der Waals surface area contributed by atoms with E-state index in [2.05, 4.69) is 4.99 Å². The molecular formula is C10H12ClNO. The first-order chi connectivity index (χ1) is 6.20. The number of benzene rings is 1. The highest BCUT2D eigenvalue weighted by Crippen LogP contribution is 2.04. The van der Waals surface area contributed by atoms with Crippen molar-refractivity contribution in [1.82, 2.24) is 0 Å². The summed E-state index contributed by atoms with van der Waals surface area (Å²) >= 11 is 5.72. The smallest absolute Gasteiger partial charge is 0.149 e. The van der Waals surface area contributed by atoms with Gasteiger partial charge in [-0.25, -0.2) is 0 Å². The SMILES string of the molecule is CC(O)C(Cl)/N=C\c1ccccc1. The molecule has 0 aromatic heterocycles. The minimum Gasteiger partial charge on any atom is -0.390 e. The van der Waals surface area contributed by atoms with Crippen molar-refractivity contribution in [3.05, 3.63) is 35.9 Å². The van der Waals surface area contributed by atoms with Crippen molar-refractivity contribution in [2.24, 2.45) is 4.99 Å². The first-order valence-corrected chi connectivity index (χ1v) is 4.54. The monoisotopic (exact) mass is 197 g/mol. The molecule has 1 N–H and O–H groups in total. The van der Waals surface area contributed by atoms with Crippen LogP contribution in [0.1, 0.15) is 12.5 Å². The predicted octanol–water partition coefficient (Wildman–Crippen LogP) is 2.05. The number of halogens is 1. The molecule has 1 rings (SSSR count). The number of alkyl halides is 1. The molecule has 0 amide bonds. The van der Waals surface area contributed by atoms with Crippen LogP contribution in [-0.4, -0.2) is 22.9 Å². The Morgan fingerprint density at radius 2 is 2.00 bits per heavy atom. The summed E-state index contributed by atoms with van der Waals surface area (Å²) < 4.78 is 0. The lowest BCUT2D eigenvalue weighted by Crippen LogP contribution is -2.13. The molecule has 3 heteroatoms.